The summed E-state index contributed by atoms with van der Waals surface area (Å²) in [5.74, 6) is -0.673. The Morgan fingerprint density at radius 3 is 1.85 bits per heavy atom. The summed E-state index contributed by atoms with van der Waals surface area (Å²) in [7, 11) is 0. The van der Waals surface area contributed by atoms with Crippen molar-refractivity contribution in [3.8, 4) is 0 Å². The summed E-state index contributed by atoms with van der Waals surface area (Å²) in [6.07, 6.45) is 1.71. The van der Waals surface area contributed by atoms with Crippen LogP contribution in [0.25, 0.3) is 0 Å². The largest absolute Gasteiger partial charge is 0.366 e. The number of carbonyl (C=O) groups excluding carboxylic acids is 2. The molecule has 0 aromatic rings. The number of allylic oxidation sites excluding steroid dienone is 3. The lowest BCUT2D eigenvalue weighted by Crippen LogP contribution is -2.16. The third kappa shape index (κ3) is 2.86. The van der Waals surface area contributed by atoms with Crippen molar-refractivity contribution in [2.45, 2.75) is 27.7 Å². The summed E-state index contributed by atoms with van der Waals surface area (Å²) >= 11 is 0. The summed E-state index contributed by atoms with van der Waals surface area (Å²) in [5, 5.41) is 0. The van der Waals surface area contributed by atoms with Gasteiger partial charge in [0.2, 0.25) is 5.91 Å². The fraction of sp³-hybridized carbons (Fsp3) is 0.400. The van der Waals surface area contributed by atoms with Gasteiger partial charge in [0.05, 0.1) is 0 Å². The topological polar surface area (TPSA) is 60.2 Å². The van der Waals surface area contributed by atoms with Gasteiger partial charge in [-0.3, -0.25) is 9.59 Å². The molecule has 2 N–H and O–H groups in total. The molecule has 3 nitrogen and oxygen atoms in total. The maximum Gasteiger partial charge on any atom is 0.244 e. The summed E-state index contributed by atoms with van der Waals surface area (Å²) in [6.45, 7) is 6.65. The Kier molecular flexibility index (Phi) is 4.11. The van der Waals surface area contributed by atoms with E-state index < -0.39 is 5.91 Å². The lowest BCUT2D eigenvalue weighted by molar-refractivity contribution is -0.116. The van der Waals surface area contributed by atoms with Gasteiger partial charge in [0.25, 0.3) is 0 Å². The summed E-state index contributed by atoms with van der Waals surface area (Å²) < 4.78 is 0. The number of hydrogen-bond acceptors (Lipinski definition) is 2. The van der Waals surface area contributed by atoms with E-state index in [2.05, 4.69) is 0 Å². The first-order chi connectivity index (χ1) is 5.91. The number of carbonyl (C=O) groups is 2. The summed E-state index contributed by atoms with van der Waals surface area (Å²) in [6, 6.07) is 0. The maximum absolute atomic E-state index is 11.5. The van der Waals surface area contributed by atoms with Crippen LogP contribution >= 0.6 is 0 Å². The summed E-state index contributed by atoms with van der Waals surface area (Å²) in [4.78, 5) is 22.2. The second kappa shape index (κ2) is 4.60. The summed E-state index contributed by atoms with van der Waals surface area (Å²) in [5.41, 5.74) is 6.42. The zero-order valence-electron chi connectivity index (χ0n) is 8.47. The van der Waals surface area contributed by atoms with Crippen LogP contribution in [-0.2, 0) is 9.59 Å². The van der Waals surface area contributed by atoms with Gasteiger partial charge in [-0.15, -0.1) is 0 Å². The predicted molar refractivity (Wildman–Crippen MR) is 52.0 cm³/mol. The Labute approximate surface area is 78.3 Å². The van der Waals surface area contributed by atoms with Crippen LogP contribution in [0.4, 0.5) is 0 Å². The molecule has 0 aliphatic rings. The predicted octanol–water partition coefficient (Wildman–Crippen LogP) is 1.34. The Bertz CT molecular complexity index is 298. The van der Waals surface area contributed by atoms with E-state index in [0.717, 1.165) is 0 Å². The fourth-order valence-corrected chi connectivity index (χ4v) is 0.782. The highest BCUT2D eigenvalue weighted by atomic mass is 16.1. The van der Waals surface area contributed by atoms with E-state index in [4.69, 9.17) is 5.73 Å². The van der Waals surface area contributed by atoms with Gasteiger partial charge in [-0.05, 0) is 33.3 Å². The van der Waals surface area contributed by atoms with Gasteiger partial charge in [0.1, 0.15) is 0 Å². The Morgan fingerprint density at radius 1 is 1.08 bits per heavy atom. The zero-order valence-corrected chi connectivity index (χ0v) is 8.47. The highest BCUT2D eigenvalue weighted by Gasteiger charge is 2.11. The number of hydrogen-bond donors (Lipinski definition) is 1. The van der Waals surface area contributed by atoms with Crippen molar-refractivity contribution in [3.63, 3.8) is 0 Å². The molecule has 0 radical (unpaired) electrons. The van der Waals surface area contributed by atoms with Gasteiger partial charge in [0, 0.05) is 11.1 Å². The number of Topliss-reactive ketones (excluding diaryl/α,β-unsaturated/α-hetero) is 1. The van der Waals surface area contributed by atoms with Crippen LogP contribution in [0, 0.1) is 0 Å². The van der Waals surface area contributed by atoms with Crippen LogP contribution in [0.5, 0.6) is 0 Å². The molecule has 0 unspecified atom stereocenters. The molecule has 3 heteroatoms. The van der Waals surface area contributed by atoms with Crippen LogP contribution in [0.15, 0.2) is 22.8 Å². The molecule has 0 aliphatic heterocycles. The van der Waals surface area contributed by atoms with Gasteiger partial charge in [-0.2, -0.15) is 0 Å². The molecule has 0 rings (SSSR count). The van der Waals surface area contributed by atoms with E-state index in [9.17, 15) is 9.59 Å². The van der Waals surface area contributed by atoms with E-state index in [1.807, 2.05) is 0 Å². The van der Waals surface area contributed by atoms with Crippen molar-refractivity contribution in [3.05, 3.63) is 22.8 Å². The first kappa shape index (κ1) is 11.6. The standard InChI is InChI=1S/C10H15NO2/c1-5-6(2)9(12)7(3)8(4)10(11)13/h5H,1-4H3,(H2,11,13). The number of amides is 1. The second-order valence-corrected chi connectivity index (χ2v) is 2.92. The van der Waals surface area contributed by atoms with Crippen LogP contribution in [0.3, 0.4) is 0 Å². The van der Waals surface area contributed by atoms with Crippen molar-refractivity contribution < 1.29 is 9.59 Å². The average Bonchev–Trinajstić information content (AvgIpc) is 2.12. The molecule has 0 heterocycles. The number of nitrogens with two attached hydrogens (primary N) is 1. The Morgan fingerprint density at radius 2 is 1.54 bits per heavy atom. The highest BCUT2D eigenvalue weighted by molar-refractivity contribution is 6.12. The minimum Gasteiger partial charge on any atom is -0.366 e. The minimum atomic E-state index is -0.547. The smallest absolute Gasteiger partial charge is 0.244 e. The molecule has 0 aliphatic carbocycles. The van der Waals surface area contributed by atoms with E-state index >= 15 is 0 Å². The Balaban J connectivity index is 5.01. The number of primary amides is 1. The molecule has 0 saturated heterocycles. The molecule has 13 heavy (non-hydrogen) atoms. The molecule has 0 spiro atoms. The van der Waals surface area contributed by atoms with Crippen LogP contribution in [0.2, 0.25) is 0 Å². The molecule has 0 saturated carbocycles. The van der Waals surface area contributed by atoms with E-state index in [0.29, 0.717) is 16.7 Å². The zero-order chi connectivity index (χ0) is 10.6. The number of ketones is 1. The highest BCUT2D eigenvalue weighted by Crippen LogP contribution is 2.09. The third-order valence-electron chi connectivity index (χ3n) is 2.06. The Hall–Kier alpha value is -1.38. The second-order valence-electron chi connectivity index (χ2n) is 2.92. The van der Waals surface area contributed by atoms with E-state index in [1.165, 1.54) is 0 Å². The van der Waals surface area contributed by atoms with E-state index in [-0.39, 0.29) is 5.78 Å². The molecule has 0 bridgehead atoms. The van der Waals surface area contributed by atoms with Crippen molar-refractivity contribution in [1.82, 2.24) is 0 Å². The quantitative estimate of drug-likeness (QED) is 0.668. The minimum absolute atomic E-state index is 0.126. The van der Waals surface area contributed by atoms with Crippen molar-refractivity contribution in [1.29, 1.82) is 0 Å². The first-order valence-electron chi connectivity index (χ1n) is 4.06. The van der Waals surface area contributed by atoms with Crippen molar-refractivity contribution >= 4 is 11.7 Å². The van der Waals surface area contributed by atoms with Crippen molar-refractivity contribution in [2.24, 2.45) is 5.73 Å². The molecule has 1 amide bonds. The first-order valence-corrected chi connectivity index (χ1v) is 4.06. The van der Waals surface area contributed by atoms with Crippen LogP contribution in [0.1, 0.15) is 27.7 Å². The average molecular weight is 181 g/mol. The van der Waals surface area contributed by atoms with Gasteiger partial charge in [0.15, 0.2) is 5.78 Å². The number of rotatable bonds is 3. The molecular weight excluding hydrogens is 166 g/mol. The molecule has 0 aromatic carbocycles. The van der Waals surface area contributed by atoms with E-state index in [1.54, 1.807) is 33.8 Å². The lowest BCUT2D eigenvalue weighted by atomic mass is 10.0. The molecule has 72 valence electrons. The molecule has 0 aromatic heterocycles. The monoisotopic (exact) mass is 181 g/mol. The van der Waals surface area contributed by atoms with Gasteiger partial charge in [-0.25, -0.2) is 0 Å². The maximum atomic E-state index is 11.5. The van der Waals surface area contributed by atoms with Gasteiger partial charge >= 0.3 is 0 Å². The van der Waals surface area contributed by atoms with Crippen LogP contribution < -0.4 is 5.73 Å². The SMILES string of the molecule is CC=C(C)C(=O)C(C)=C(C)C(N)=O. The fourth-order valence-electron chi connectivity index (χ4n) is 0.782. The normalized spacial score (nSPS) is 13.7. The third-order valence-corrected chi connectivity index (χ3v) is 2.06. The van der Waals surface area contributed by atoms with Crippen molar-refractivity contribution in [2.75, 3.05) is 0 Å². The van der Waals surface area contributed by atoms with Gasteiger partial charge in [-0.1, -0.05) is 6.08 Å². The molecule has 0 fully saturated rings. The molecular formula is C10H15NO2. The van der Waals surface area contributed by atoms with Gasteiger partial charge < -0.3 is 5.73 Å². The molecule has 0 atom stereocenters. The van der Waals surface area contributed by atoms with Crippen LogP contribution in [-0.4, -0.2) is 11.7 Å². The lowest BCUT2D eigenvalue weighted by Gasteiger charge is -2.03.